The number of azide groups is 1. The zero-order valence-corrected chi connectivity index (χ0v) is 9.56. The van der Waals surface area contributed by atoms with Gasteiger partial charge in [-0.25, -0.2) is 0 Å². The van der Waals surface area contributed by atoms with Gasteiger partial charge in [0.25, 0.3) is 0 Å². The molecule has 0 aromatic heterocycles. The fourth-order valence-corrected chi connectivity index (χ4v) is 1.03. The number of hydrogen-bond acceptors (Lipinski definition) is 2. The lowest BCUT2D eigenvalue weighted by atomic mass is 10.3. The summed E-state index contributed by atoms with van der Waals surface area (Å²) in [5.74, 6) is 0.0589. The van der Waals surface area contributed by atoms with Crippen LogP contribution in [0.15, 0.2) is 5.22 Å². The Kier molecular flexibility index (Phi) is 7.51. The minimum atomic E-state index is 0.0589. The van der Waals surface area contributed by atoms with Crippen molar-refractivity contribution in [3.05, 3.63) is 10.4 Å². The van der Waals surface area contributed by atoms with Crippen LogP contribution in [0, 0.1) is 0 Å². The molecule has 0 atom stereocenters. The summed E-state index contributed by atoms with van der Waals surface area (Å²) < 4.78 is 1.63. The Morgan fingerprint density at radius 2 is 2.38 bits per heavy atom. The van der Waals surface area contributed by atoms with E-state index in [1.54, 1.807) is 3.11 Å². The van der Waals surface area contributed by atoms with E-state index in [-0.39, 0.29) is 5.91 Å². The highest BCUT2D eigenvalue weighted by Gasteiger charge is 2.02. The number of carbonyl (C=O) groups is 1. The summed E-state index contributed by atoms with van der Waals surface area (Å²) in [7, 11) is 0. The fourth-order valence-electron chi connectivity index (χ4n) is 0.694. The van der Waals surface area contributed by atoms with E-state index in [1.165, 1.54) is 6.92 Å². The Hall–Kier alpha value is -0.690. The van der Waals surface area contributed by atoms with Crippen molar-refractivity contribution in [1.29, 1.82) is 0 Å². The van der Waals surface area contributed by atoms with Crippen molar-refractivity contribution in [1.82, 2.24) is 8.54 Å². The van der Waals surface area contributed by atoms with Crippen molar-refractivity contribution in [2.45, 2.75) is 19.8 Å². The normalized spacial score (nSPS) is 8.77. The molecule has 0 bridgehead atoms. The maximum Gasteiger partial charge on any atom is 0.228 e. The zero-order valence-electron chi connectivity index (χ0n) is 7.40. The van der Waals surface area contributed by atoms with Gasteiger partial charge < -0.3 is 0 Å². The highest BCUT2D eigenvalue weighted by Crippen LogP contribution is 2.01. The standard InChI is InChI=1S/C6H12IN5O/c1-6(13)12(7)5-3-2-4-9-11-10-8/h9H,2-5H2,1H3. The van der Waals surface area contributed by atoms with Gasteiger partial charge in [0.15, 0.2) is 0 Å². The molecular weight excluding hydrogens is 285 g/mol. The molecule has 0 fully saturated rings. The van der Waals surface area contributed by atoms with Gasteiger partial charge >= 0.3 is 0 Å². The van der Waals surface area contributed by atoms with E-state index in [4.69, 9.17) is 5.53 Å². The van der Waals surface area contributed by atoms with Gasteiger partial charge in [0.1, 0.15) is 0 Å². The number of rotatable bonds is 6. The van der Waals surface area contributed by atoms with E-state index in [9.17, 15) is 4.79 Å². The third-order valence-electron chi connectivity index (χ3n) is 1.35. The summed E-state index contributed by atoms with van der Waals surface area (Å²) in [4.78, 5) is 13.3. The van der Waals surface area contributed by atoms with Gasteiger partial charge in [-0.15, -0.1) is 5.53 Å². The number of amides is 1. The number of nitrogens with one attached hydrogen (secondary N) is 1. The van der Waals surface area contributed by atoms with Gasteiger partial charge in [0, 0.05) is 13.5 Å². The third-order valence-corrected chi connectivity index (χ3v) is 2.51. The van der Waals surface area contributed by atoms with Crippen molar-refractivity contribution in [3.63, 3.8) is 0 Å². The van der Waals surface area contributed by atoms with Crippen LogP contribution in [0.5, 0.6) is 0 Å². The average Bonchev–Trinajstić information content (AvgIpc) is 2.10. The molecule has 0 saturated heterocycles. The topological polar surface area (TPSA) is 81.1 Å². The lowest BCUT2D eigenvalue weighted by Gasteiger charge is -2.10. The van der Waals surface area contributed by atoms with E-state index in [2.05, 4.69) is 15.6 Å². The summed E-state index contributed by atoms with van der Waals surface area (Å²) in [5.41, 5.74) is 10.5. The van der Waals surface area contributed by atoms with E-state index in [0.717, 1.165) is 19.4 Å². The number of nitrogens with zero attached hydrogens (tertiary/aromatic N) is 4. The van der Waals surface area contributed by atoms with E-state index in [0.29, 0.717) is 6.54 Å². The molecule has 0 unspecified atom stereocenters. The molecule has 1 amide bonds. The molecule has 6 nitrogen and oxygen atoms in total. The Labute approximate surface area is 90.8 Å². The van der Waals surface area contributed by atoms with Gasteiger partial charge in [-0.1, -0.05) is 0 Å². The zero-order chi connectivity index (χ0) is 10.1. The average molecular weight is 297 g/mol. The van der Waals surface area contributed by atoms with Crippen LogP contribution in [0.2, 0.25) is 0 Å². The Bertz CT molecular complexity index is 203. The lowest BCUT2D eigenvalue weighted by Crippen LogP contribution is -2.19. The molecule has 0 rings (SSSR count). The molecule has 0 radical (unpaired) electrons. The lowest BCUT2D eigenvalue weighted by molar-refractivity contribution is -0.122. The first kappa shape index (κ1) is 12.3. The smallest absolute Gasteiger partial charge is 0.228 e. The molecule has 0 aromatic carbocycles. The van der Waals surface area contributed by atoms with Gasteiger partial charge in [-0.3, -0.25) is 13.3 Å². The second-order valence-electron chi connectivity index (χ2n) is 2.41. The molecule has 0 aromatic rings. The molecule has 0 aliphatic carbocycles. The SMILES string of the molecule is CC(=O)N(I)CCCCNN=[N+]=[N-]. The van der Waals surface area contributed by atoms with Gasteiger partial charge in [-0.05, 0) is 18.1 Å². The third kappa shape index (κ3) is 7.66. The first-order chi connectivity index (χ1) is 6.18. The Balaban J connectivity index is 3.25. The van der Waals surface area contributed by atoms with Crippen LogP contribution in [0.25, 0.3) is 10.4 Å². The largest absolute Gasteiger partial charge is 0.285 e. The van der Waals surface area contributed by atoms with Gasteiger partial charge in [0.2, 0.25) is 5.91 Å². The molecule has 0 heterocycles. The highest BCUT2D eigenvalue weighted by atomic mass is 127. The van der Waals surface area contributed by atoms with Crippen molar-refractivity contribution in [2.75, 3.05) is 13.1 Å². The van der Waals surface area contributed by atoms with E-state index in [1.807, 2.05) is 22.9 Å². The number of unbranched alkanes of at least 4 members (excludes halogenated alkanes) is 1. The molecule has 74 valence electrons. The molecule has 0 aliphatic rings. The summed E-state index contributed by atoms with van der Waals surface area (Å²) in [6.45, 7) is 2.91. The van der Waals surface area contributed by atoms with Crippen LogP contribution in [0.4, 0.5) is 0 Å². The van der Waals surface area contributed by atoms with E-state index < -0.39 is 0 Å². The summed E-state index contributed by atoms with van der Waals surface area (Å²) in [5, 5.41) is 3.17. The van der Waals surface area contributed by atoms with Crippen molar-refractivity contribution in [2.24, 2.45) is 5.22 Å². The summed E-state index contributed by atoms with van der Waals surface area (Å²) >= 11 is 1.98. The second-order valence-corrected chi connectivity index (χ2v) is 3.57. The predicted octanol–water partition coefficient (Wildman–Crippen LogP) is 1.78. The minimum absolute atomic E-state index is 0.0589. The summed E-state index contributed by atoms with van der Waals surface area (Å²) in [6, 6.07) is 0. The number of carbonyl (C=O) groups excluding carboxylic acids is 1. The van der Waals surface area contributed by atoms with Crippen LogP contribution < -0.4 is 5.43 Å². The van der Waals surface area contributed by atoms with Crippen LogP contribution >= 0.6 is 22.9 Å². The number of halogens is 1. The number of hydrogen-bond donors (Lipinski definition) is 1. The van der Waals surface area contributed by atoms with Crippen LogP contribution in [-0.2, 0) is 4.79 Å². The first-order valence-corrected chi connectivity index (χ1v) is 4.86. The maximum atomic E-state index is 10.7. The molecule has 0 saturated carbocycles. The molecule has 0 aliphatic heterocycles. The van der Waals surface area contributed by atoms with Crippen LogP contribution in [0.3, 0.4) is 0 Å². The second kappa shape index (κ2) is 7.93. The Morgan fingerprint density at radius 3 is 2.92 bits per heavy atom. The van der Waals surface area contributed by atoms with Crippen molar-refractivity contribution >= 4 is 28.8 Å². The van der Waals surface area contributed by atoms with E-state index >= 15 is 0 Å². The minimum Gasteiger partial charge on any atom is -0.285 e. The van der Waals surface area contributed by atoms with Gasteiger partial charge in [-0.2, -0.15) is 4.91 Å². The van der Waals surface area contributed by atoms with Crippen LogP contribution in [-0.4, -0.2) is 22.1 Å². The van der Waals surface area contributed by atoms with Crippen molar-refractivity contribution in [3.8, 4) is 0 Å². The predicted molar refractivity (Wildman–Crippen MR) is 57.8 cm³/mol. The van der Waals surface area contributed by atoms with Crippen molar-refractivity contribution < 1.29 is 4.79 Å². The molecule has 7 heteroatoms. The first-order valence-electron chi connectivity index (χ1n) is 3.89. The monoisotopic (exact) mass is 297 g/mol. The maximum absolute atomic E-state index is 10.7. The summed E-state index contributed by atoms with van der Waals surface area (Å²) in [6.07, 6.45) is 1.78. The van der Waals surface area contributed by atoms with Gasteiger partial charge in [0.05, 0.1) is 29.4 Å². The highest BCUT2D eigenvalue weighted by molar-refractivity contribution is 14.1. The molecular formula is C6H12IN5O. The quantitative estimate of drug-likeness (QED) is 0.154. The molecule has 0 spiro atoms. The Morgan fingerprint density at radius 1 is 1.69 bits per heavy atom. The molecule has 13 heavy (non-hydrogen) atoms. The fraction of sp³-hybridized carbons (Fsp3) is 0.833. The molecule has 1 N–H and O–H groups in total. The van der Waals surface area contributed by atoms with Crippen LogP contribution in [0.1, 0.15) is 19.8 Å².